The zero-order chi connectivity index (χ0) is 12.3. The minimum Gasteiger partial charge on any atom is -0.352 e. The molecule has 0 spiro atoms. The molecule has 0 heterocycles. The summed E-state index contributed by atoms with van der Waals surface area (Å²) in [6.45, 7) is 4.13. The molecule has 1 fully saturated rings. The fourth-order valence-electron chi connectivity index (χ4n) is 2.02. The molecule has 0 aliphatic heterocycles. The number of carbonyl (C=O) groups is 1. The van der Waals surface area contributed by atoms with Crippen molar-refractivity contribution in [2.24, 2.45) is 5.92 Å². The van der Waals surface area contributed by atoms with Crippen LogP contribution < -0.4 is 5.32 Å². The molecular formula is C14H16ClNO. The normalized spacial score (nSPS) is 16.3. The highest BCUT2D eigenvalue weighted by Gasteiger charge is 2.36. The van der Waals surface area contributed by atoms with Crippen molar-refractivity contribution in [2.75, 3.05) is 6.54 Å². The van der Waals surface area contributed by atoms with Gasteiger partial charge in [0.1, 0.15) is 0 Å². The predicted octanol–water partition coefficient (Wildman–Crippen LogP) is 3.14. The average Bonchev–Trinajstić information content (AvgIpc) is 3.14. The van der Waals surface area contributed by atoms with Crippen LogP contribution in [-0.2, 0) is 4.79 Å². The fraction of sp³-hybridized carbons (Fsp3) is 0.357. The van der Waals surface area contributed by atoms with Crippen LogP contribution in [0.1, 0.15) is 24.3 Å². The van der Waals surface area contributed by atoms with Gasteiger partial charge in [-0.25, -0.2) is 0 Å². The monoisotopic (exact) mass is 249 g/mol. The first kappa shape index (κ1) is 12.2. The summed E-state index contributed by atoms with van der Waals surface area (Å²) >= 11 is 5.86. The predicted molar refractivity (Wildman–Crippen MR) is 70.1 cm³/mol. The summed E-state index contributed by atoms with van der Waals surface area (Å²) in [6.07, 6.45) is 3.97. The van der Waals surface area contributed by atoms with E-state index in [4.69, 9.17) is 11.6 Å². The lowest BCUT2D eigenvalue weighted by molar-refractivity contribution is -0.122. The third-order valence-corrected chi connectivity index (χ3v) is 3.28. The van der Waals surface area contributed by atoms with Crippen LogP contribution in [0.15, 0.2) is 36.9 Å². The maximum atomic E-state index is 12.1. The van der Waals surface area contributed by atoms with Crippen LogP contribution in [-0.4, -0.2) is 12.5 Å². The van der Waals surface area contributed by atoms with Gasteiger partial charge >= 0.3 is 0 Å². The second kappa shape index (κ2) is 5.37. The van der Waals surface area contributed by atoms with Gasteiger partial charge in [-0.15, -0.1) is 6.58 Å². The van der Waals surface area contributed by atoms with Crippen molar-refractivity contribution in [3.63, 3.8) is 0 Å². The maximum Gasteiger partial charge on any atom is 0.228 e. The van der Waals surface area contributed by atoms with E-state index in [9.17, 15) is 4.79 Å². The smallest absolute Gasteiger partial charge is 0.228 e. The Morgan fingerprint density at radius 1 is 1.47 bits per heavy atom. The van der Waals surface area contributed by atoms with Crippen molar-refractivity contribution >= 4 is 17.5 Å². The minimum atomic E-state index is -0.0350. The Kier molecular flexibility index (Phi) is 3.85. The summed E-state index contributed by atoms with van der Waals surface area (Å²) in [4.78, 5) is 12.1. The topological polar surface area (TPSA) is 29.1 Å². The molecule has 1 N–H and O–H groups in total. The van der Waals surface area contributed by atoms with E-state index in [0.29, 0.717) is 17.5 Å². The first-order valence-electron chi connectivity index (χ1n) is 5.86. The van der Waals surface area contributed by atoms with Crippen molar-refractivity contribution in [3.05, 3.63) is 47.5 Å². The van der Waals surface area contributed by atoms with Crippen molar-refractivity contribution in [2.45, 2.75) is 18.8 Å². The third-order valence-electron chi connectivity index (χ3n) is 3.03. The van der Waals surface area contributed by atoms with Gasteiger partial charge in [-0.1, -0.05) is 29.8 Å². The van der Waals surface area contributed by atoms with Gasteiger partial charge in [0.15, 0.2) is 0 Å². The van der Waals surface area contributed by atoms with E-state index in [0.717, 1.165) is 18.4 Å². The molecule has 1 aliphatic carbocycles. The molecule has 1 unspecified atom stereocenters. The Balaban J connectivity index is 2.14. The molecule has 1 saturated carbocycles. The Hall–Kier alpha value is -1.28. The van der Waals surface area contributed by atoms with Gasteiger partial charge in [0, 0.05) is 11.6 Å². The Morgan fingerprint density at radius 2 is 2.12 bits per heavy atom. The number of benzene rings is 1. The first-order valence-corrected chi connectivity index (χ1v) is 6.24. The summed E-state index contributed by atoms with van der Waals surface area (Å²) in [6, 6.07) is 7.57. The molecule has 1 amide bonds. The van der Waals surface area contributed by atoms with Crippen molar-refractivity contribution in [1.29, 1.82) is 0 Å². The van der Waals surface area contributed by atoms with Crippen LogP contribution in [0, 0.1) is 5.92 Å². The fourth-order valence-corrected chi connectivity index (χ4v) is 2.15. The second-order valence-electron chi connectivity index (χ2n) is 4.40. The lowest BCUT2D eigenvalue weighted by atomic mass is 9.93. The van der Waals surface area contributed by atoms with Crippen LogP contribution >= 0.6 is 11.6 Å². The Morgan fingerprint density at radius 3 is 2.65 bits per heavy atom. The van der Waals surface area contributed by atoms with Crippen LogP contribution in [0.25, 0.3) is 0 Å². The molecule has 1 atom stereocenters. The van der Waals surface area contributed by atoms with Crippen molar-refractivity contribution in [1.82, 2.24) is 5.32 Å². The zero-order valence-electron chi connectivity index (χ0n) is 9.66. The number of nitrogens with one attached hydrogen (secondary N) is 1. The van der Waals surface area contributed by atoms with E-state index >= 15 is 0 Å². The molecule has 3 heteroatoms. The molecule has 1 aromatic rings. The third kappa shape index (κ3) is 3.10. The number of halogens is 1. The van der Waals surface area contributed by atoms with E-state index in [1.165, 1.54) is 0 Å². The van der Waals surface area contributed by atoms with Gasteiger partial charge in [-0.3, -0.25) is 4.79 Å². The molecule has 1 aromatic carbocycles. The lowest BCUT2D eigenvalue weighted by Crippen LogP contribution is -2.30. The SMILES string of the molecule is C=CCNC(=O)C(c1ccc(Cl)cc1)C1CC1. The molecule has 2 rings (SSSR count). The van der Waals surface area contributed by atoms with Crippen LogP contribution in [0.2, 0.25) is 5.02 Å². The van der Waals surface area contributed by atoms with Gasteiger partial charge in [0.05, 0.1) is 5.92 Å². The van der Waals surface area contributed by atoms with E-state index in [1.807, 2.05) is 24.3 Å². The maximum absolute atomic E-state index is 12.1. The van der Waals surface area contributed by atoms with E-state index in [1.54, 1.807) is 6.08 Å². The molecule has 90 valence electrons. The van der Waals surface area contributed by atoms with Gasteiger partial charge in [-0.05, 0) is 36.5 Å². The number of hydrogen-bond acceptors (Lipinski definition) is 1. The quantitative estimate of drug-likeness (QED) is 0.798. The summed E-state index contributed by atoms with van der Waals surface area (Å²) in [7, 11) is 0. The average molecular weight is 250 g/mol. The molecule has 0 radical (unpaired) electrons. The minimum absolute atomic E-state index is 0.0350. The van der Waals surface area contributed by atoms with Crippen LogP contribution in [0.4, 0.5) is 0 Å². The van der Waals surface area contributed by atoms with E-state index in [-0.39, 0.29) is 11.8 Å². The van der Waals surface area contributed by atoms with Gasteiger partial charge < -0.3 is 5.32 Å². The Bertz CT molecular complexity index is 409. The van der Waals surface area contributed by atoms with Crippen molar-refractivity contribution in [3.8, 4) is 0 Å². The van der Waals surface area contributed by atoms with Gasteiger partial charge in [0.2, 0.25) is 5.91 Å². The van der Waals surface area contributed by atoms with Gasteiger partial charge in [0.25, 0.3) is 0 Å². The highest BCUT2D eigenvalue weighted by atomic mass is 35.5. The second-order valence-corrected chi connectivity index (χ2v) is 4.84. The summed E-state index contributed by atoms with van der Waals surface area (Å²) in [5.74, 6) is 0.544. The summed E-state index contributed by atoms with van der Waals surface area (Å²) in [5, 5.41) is 3.58. The largest absolute Gasteiger partial charge is 0.352 e. The van der Waals surface area contributed by atoms with E-state index in [2.05, 4.69) is 11.9 Å². The Labute approximate surface area is 107 Å². The molecule has 2 nitrogen and oxygen atoms in total. The number of carbonyl (C=O) groups excluding carboxylic acids is 1. The molecule has 0 saturated heterocycles. The summed E-state index contributed by atoms with van der Waals surface area (Å²) in [5.41, 5.74) is 1.05. The standard InChI is InChI=1S/C14H16ClNO/c1-2-9-16-14(17)13(10-3-4-10)11-5-7-12(15)8-6-11/h2,5-8,10,13H,1,3-4,9H2,(H,16,17). The first-order chi connectivity index (χ1) is 8.22. The van der Waals surface area contributed by atoms with Crippen LogP contribution in [0.3, 0.4) is 0 Å². The number of hydrogen-bond donors (Lipinski definition) is 1. The molecule has 17 heavy (non-hydrogen) atoms. The molecular weight excluding hydrogens is 234 g/mol. The number of rotatable bonds is 5. The highest BCUT2D eigenvalue weighted by Crippen LogP contribution is 2.42. The lowest BCUT2D eigenvalue weighted by Gasteiger charge is -2.16. The molecule has 1 aliphatic rings. The summed E-state index contributed by atoms with van der Waals surface area (Å²) < 4.78 is 0. The van der Waals surface area contributed by atoms with E-state index < -0.39 is 0 Å². The zero-order valence-corrected chi connectivity index (χ0v) is 10.4. The molecule has 0 aromatic heterocycles. The highest BCUT2D eigenvalue weighted by molar-refractivity contribution is 6.30. The van der Waals surface area contributed by atoms with Gasteiger partial charge in [-0.2, -0.15) is 0 Å². The number of amides is 1. The van der Waals surface area contributed by atoms with Crippen LogP contribution in [0.5, 0.6) is 0 Å². The van der Waals surface area contributed by atoms with Crippen molar-refractivity contribution < 1.29 is 4.79 Å². The molecule has 0 bridgehead atoms.